The molecule has 0 bridgehead atoms. The van der Waals surface area contributed by atoms with E-state index < -0.39 is 0 Å². The van der Waals surface area contributed by atoms with Gasteiger partial charge in [0.05, 0.1) is 15.8 Å². The van der Waals surface area contributed by atoms with Crippen molar-refractivity contribution >= 4 is 33.1 Å². The largest absolute Gasteiger partial charge is 0.322 e. The zero-order chi connectivity index (χ0) is 18.1. The number of hydrogen-bond donors (Lipinski definition) is 1. The summed E-state index contributed by atoms with van der Waals surface area (Å²) < 4.78 is 1.08. The molecule has 4 aromatic rings. The van der Waals surface area contributed by atoms with Gasteiger partial charge in [-0.05, 0) is 55.3 Å². The summed E-state index contributed by atoms with van der Waals surface area (Å²) in [5.74, 6) is -0.180. The molecular weight excluding hydrogens is 342 g/mol. The molecule has 0 fully saturated rings. The van der Waals surface area contributed by atoms with Gasteiger partial charge in [0.1, 0.15) is 10.7 Å². The second-order valence-electron chi connectivity index (χ2n) is 6.09. The molecule has 0 unspecified atom stereocenters. The highest BCUT2D eigenvalue weighted by Crippen LogP contribution is 2.31. The predicted molar refractivity (Wildman–Crippen MR) is 107 cm³/mol. The maximum atomic E-state index is 12.9. The van der Waals surface area contributed by atoms with E-state index in [4.69, 9.17) is 0 Å². The first-order chi connectivity index (χ1) is 12.6. The first-order valence-electron chi connectivity index (χ1n) is 8.32. The van der Waals surface area contributed by atoms with Crippen LogP contribution in [0.15, 0.2) is 60.8 Å². The third kappa shape index (κ3) is 2.97. The summed E-state index contributed by atoms with van der Waals surface area (Å²) in [6.07, 6.45) is 1.69. The van der Waals surface area contributed by atoms with E-state index in [0.29, 0.717) is 11.3 Å². The van der Waals surface area contributed by atoms with Crippen molar-refractivity contribution in [3.63, 3.8) is 0 Å². The molecule has 2 heterocycles. The topological polar surface area (TPSA) is 54.9 Å². The molecule has 1 N–H and O–H groups in total. The van der Waals surface area contributed by atoms with Crippen LogP contribution in [0.2, 0.25) is 0 Å². The summed E-state index contributed by atoms with van der Waals surface area (Å²) in [5, 5.41) is 3.76. The highest BCUT2D eigenvalue weighted by atomic mass is 32.1. The van der Waals surface area contributed by atoms with Crippen molar-refractivity contribution < 1.29 is 4.79 Å². The number of pyridine rings is 1. The van der Waals surface area contributed by atoms with Gasteiger partial charge in [-0.25, -0.2) is 4.98 Å². The van der Waals surface area contributed by atoms with Gasteiger partial charge < -0.3 is 5.32 Å². The third-order valence-electron chi connectivity index (χ3n) is 4.40. The molecule has 0 atom stereocenters. The van der Waals surface area contributed by atoms with E-state index in [1.807, 2.05) is 56.3 Å². The molecule has 0 aliphatic carbocycles. The average molecular weight is 359 g/mol. The Morgan fingerprint density at radius 2 is 1.85 bits per heavy atom. The SMILES string of the molecule is Cc1cccc(NC(=O)c2cccnc2-c2nc3ccccc3s2)c1C. The van der Waals surface area contributed by atoms with Crippen molar-refractivity contribution in [3.05, 3.63) is 77.5 Å². The third-order valence-corrected chi connectivity index (χ3v) is 5.44. The van der Waals surface area contributed by atoms with Crippen LogP contribution in [-0.2, 0) is 0 Å². The first kappa shape index (κ1) is 16.4. The number of carbonyl (C=O) groups is 1. The lowest BCUT2D eigenvalue weighted by Crippen LogP contribution is -2.14. The molecule has 0 aliphatic rings. The number of aromatic nitrogens is 2. The van der Waals surface area contributed by atoms with Gasteiger partial charge in [-0.1, -0.05) is 24.3 Å². The maximum Gasteiger partial charge on any atom is 0.257 e. The second kappa shape index (κ2) is 6.69. The molecule has 0 saturated heterocycles. The number of nitrogens with zero attached hydrogens (tertiary/aromatic N) is 2. The number of para-hydroxylation sites is 1. The molecule has 0 spiro atoms. The van der Waals surface area contributed by atoms with Crippen LogP contribution < -0.4 is 5.32 Å². The van der Waals surface area contributed by atoms with Crippen LogP contribution >= 0.6 is 11.3 Å². The summed E-state index contributed by atoms with van der Waals surface area (Å²) in [6.45, 7) is 4.03. The number of thiazole rings is 1. The second-order valence-corrected chi connectivity index (χ2v) is 7.12. The fourth-order valence-electron chi connectivity index (χ4n) is 2.81. The zero-order valence-corrected chi connectivity index (χ0v) is 15.3. The zero-order valence-electron chi connectivity index (χ0n) is 14.5. The fourth-order valence-corrected chi connectivity index (χ4v) is 3.79. The van der Waals surface area contributed by atoms with Crippen molar-refractivity contribution in [2.75, 3.05) is 5.32 Å². The Labute approximate surface area is 155 Å². The highest BCUT2D eigenvalue weighted by Gasteiger charge is 2.18. The van der Waals surface area contributed by atoms with Crippen LogP contribution in [0.3, 0.4) is 0 Å². The highest BCUT2D eigenvalue weighted by molar-refractivity contribution is 7.21. The van der Waals surface area contributed by atoms with Crippen molar-refractivity contribution in [1.29, 1.82) is 0 Å². The number of rotatable bonds is 3. The first-order valence-corrected chi connectivity index (χ1v) is 9.13. The average Bonchev–Trinajstić information content (AvgIpc) is 3.09. The van der Waals surface area contributed by atoms with E-state index in [1.165, 1.54) is 0 Å². The van der Waals surface area contributed by atoms with E-state index in [-0.39, 0.29) is 5.91 Å². The van der Waals surface area contributed by atoms with Crippen molar-refractivity contribution in [3.8, 4) is 10.7 Å². The molecule has 26 heavy (non-hydrogen) atoms. The Morgan fingerprint density at radius 1 is 1.00 bits per heavy atom. The van der Waals surface area contributed by atoms with Crippen LogP contribution in [0.1, 0.15) is 21.5 Å². The molecular formula is C21H17N3OS. The molecule has 0 saturated carbocycles. The molecule has 128 valence electrons. The summed E-state index contributed by atoms with van der Waals surface area (Å²) in [7, 11) is 0. The summed E-state index contributed by atoms with van der Waals surface area (Å²) in [6, 6.07) is 17.4. The number of amides is 1. The Bertz CT molecular complexity index is 1080. The fraction of sp³-hybridized carbons (Fsp3) is 0.0952. The van der Waals surface area contributed by atoms with Crippen LogP contribution in [-0.4, -0.2) is 15.9 Å². The standard InChI is InChI=1S/C21H17N3OS/c1-13-7-5-10-16(14(13)2)23-20(25)15-8-6-12-22-19(15)21-24-17-9-3-4-11-18(17)26-21/h3-12H,1-2H3,(H,23,25). The Hall–Kier alpha value is -3.05. The number of benzene rings is 2. The molecule has 5 heteroatoms. The van der Waals surface area contributed by atoms with Crippen molar-refractivity contribution in [1.82, 2.24) is 9.97 Å². The number of fused-ring (bicyclic) bond motifs is 1. The van der Waals surface area contributed by atoms with Crippen molar-refractivity contribution in [2.24, 2.45) is 0 Å². The number of nitrogens with one attached hydrogen (secondary N) is 1. The Morgan fingerprint density at radius 3 is 2.69 bits per heavy atom. The van der Waals surface area contributed by atoms with E-state index in [2.05, 4.69) is 15.3 Å². The molecule has 1 amide bonds. The molecule has 4 nitrogen and oxygen atoms in total. The molecule has 2 aromatic heterocycles. The number of hydrogen-bond acceptors (Lipinski definition) is 4. The molecule has 0 aliphatic heterocycles. The number of carbonyl (C=O) groups excluding carboxylic acids is 1. The van der Waals surface area contributed by atoms with Gasteiger partial charge in [0.25, 0.3) is 5.91 Å². The Balaban J connectivity index is 1.73. The van der Waals surface area contributed by atoms with Gasteiger partial charge >= 0.3 is 0 Å². The summed E-state index contributed by atoms with van der Waals surface area (Å²) >= 11 is 1.54. The van der Waals surface area contributed by atoms with E-state index in [1.54, 1.807) is 29.7 Å². The lowest BCUT2D eigenvalue weighted by molar-refractivity contribution is 0.102. The monoisotopic (exact) mass is 359 g/mol. The minimum atomic E-state index is -0.180. The summed E-state index contributed by atoms with van der Waals surface area (Å²) in [5.41, 5.74) is 5.06. The van der Waals surface area contributed by atoms with Crippen LogP contribution in [0.4, 0.5) is 5.69 Å². The maximum absolute atomic E-state index is 12.9. The van der Waals surface area contributed by atoms with Gasteiger partial charge in [-0.15, -0.1) is 11.3 Å². The van der Waals surface area contributed by atoms with Gasteiger partial charge in [0.15, 0.2) is 0 Å². The van der Waals surface area contributed by atoms with Gasteiger partial charge in [0.2, 0.25) is 0 Å². The number of anilines is 1. The minimum Gasteiger partial charge on any atom is -0.322 e. The quantitative estimate of drug-likeness (QED) is 0.545. The lowest BCUT2D eigenvalue weighted by atomic mass is 10.1. The number of aryl methyl sites for hydroxylation is 1. The molecule has 4 rings (SSSR count). The summed E-state index contributed by atoms with van der Waals surface area (Å²) in [4.78, 5) is 22.0. The molecule has 0 radical (unpaired) electrons. The normalized spacial score (nSPS) is 10.8. The van der Waals surface area contributed by atoms with E-state index in [0.717, 1.165) is 32.0 Å². The van der Waals surface area contributed by atoms with E-state index in [9.17, 15) is 4.79 Å². The van der Waals surface area contributed by atoms with Crippen LogP contribution in [0.5, 0.6) is 0 Å². The predicted octanol–water partition coefficient (Wildman–Crippen LogP) is 5.23. The lowest BCUT2D eigenvalue weighted by Gasteiger charge is -2.11. The minimum absolute atomic E-state index is 0.180. The van der Waals surface area contributed by atoms with E-state index >= 15 is 0 Å². The van der Waals surface area contributed by atoms with Crippen LogP contribution in [0, 0.1) is 13.8 Å². The smallest absolute Gasteiger partial charge is 0.257 e. The van der Waals surface area contributed by atoms with Gasteiger partial charge in [-0.3, -0.25) is 9.78 Å². The van der Waals surface area contributed by atoms with Gasteiger partial charge in [-0.2, -0.15) is 0 Å². The molecule has 2 aromatic carbocycles. The Kier molecular flexibility index (Phi) is 4.22. The van der Waals surface area contributed by atoms with Gasteiger partial charge in [0, 0.05) is 11.9 Å². The van der Waals surface area contributed by atoms with Crippen LogP contribution in [0.25, 0.3) is 20.9 Å². The van der Waals surface area contributed by atoms with Crippen molar-refractivity contribution in [2.45, 2.75) is 13.8 Å².